The molecule has 0 spiro atoms. The SMILES string of the molecule is C[C@@H](N)c1nc(-c2ccc(O)c(O)c2)no1. The molecular weight excluding hydrogens is 210 g/mol. The molecule has 0 bridgehead atoms. The van der Waals surface area contributed by atoms with Crippen LogP contribution < -0.4 is 5.73 Å². The standard InChI is InChI=1S/C10H11N3O3/c1-5(11)10-12-9(13-16-10)6-2-3-7(14)8(15)4-6/h2-5,14-15H,11H2,1H3/t5-/m1/s1. The Balaban J connectivity index is 2.39. The Kier molecular flexibility index (Phi) is 2.49. The van der Waals surface area contributed by atoms with Crippen molar-refractivity contribution in [2.24, 2.45) is 5.73 Å². The molecule has 0 fully saturated rings. The molecule has 6 nitrogen and oxygen atoms in total. The van der Waals surface area contributed by atoms with Crippen molar-refractivity contribution in [2.75, 3.05) is 0 Å². The molecule has 0 saturated heterocycles. The number of phenols is 2. The van der Waals surface area contributed by atoms with Gasteiger partial charge < -0.3 is 20.5 Å². The first-order valence-corrected chi connectivity index (χ1v) is 4.69. The first kappa shape index (κ1) is 10.4. The number of rotatable bonds is 2. The van der Waals surface area contributed by atoms with E-state index in [4.69, 9.17) is 15.4 Å². The van der Waals surface area contributed by atoms with Crippen LogP contribution in [0.5, 0.6) is 11.5 Å². The summed E-state index contributed by atoms with van der Waals surface area (Å²) >= 11 is 0. The topological polar surface area (TPSA) is 105 Å². The normalized spacial score (nSPS) is 12.6. The maximum Gasteiger partial charge on any atom is 0.243 e. The van der Waals surface area contributed by atoms with Gasteiger partial charge in [0.2, 0.25) is 11.7 Å². The predicted molar refractivity (Wildman–Crippen MR) is 55.7 cm³/mol. The average molecular weight is 221 g/mol. The van der Waals surface area contributed by atoms with E-state index in [9.17, 15) is 5.11 Å². The van der Waals surface area contributed by atoms with Gasteiger partial charge >= 0.3 is 0 Å². The van der Waals surface area contributed by atoms with Crippen LogP contribution >= 0.6 is 0 Å². The molecule has 0 aliphatic rings. The molecule has 4 N–H and O–H groups in total. The quantitative estimate of drug-likeness (QED) is 0.657. The molecule has 2 aromatic rings. The highest BCUT2D eigenvalue weighted by atomic mass is 16.5. The summed E-state index contributed by atoms with van der Waals surface area (Å²) in [5.41, 5.74) is 6.12. The molecule has 16 heavy (non-hydrogen) atoms. The van der Waals surface area contributed by atoms with Gasteiger partial charge in [0.05, 0.1) is 6.04 Å². The number of aromatic nitrogens is 2. The van der Waals surface area contributed by atoms with Gasteiger partial charge in [-0.3, -0.25) is 0 Å². The van der Waals surface area contributed by atoms with Crippen LogP contribution in [0.2, 0.25) is 0 Å². The second-order valence-electron chi connectivity index (χ2n) is 3.45. The second kappa shape index (κ2) is 3.82. The van der Waals surface area contributed by atoms with Crippen molar-refractivity contribution in [3.05, 3.63) is 24.1 Å². The van der Waals surface area contributed by atoms with E-state index >= 15 is 0 Å². The van der Waals surface area contributed by atoms with Crippen molar-refractivity contribution in [3.8, 4) is 22.9 Å². The molecular formula is C10H11N3O3. The third kappa shape index (κ3) is 1.82. The number of benzene rings is 1. The lowest BCUT2D eigenvalue weighted by Crippen LogP contribution is -2.04. The summed E-state index contributed by atoms with van der Waals surface area (Å²) in [5, 5.41) is 22.2. The summed E-state index contributed by atoms with van der Waals surface area (Å²) in [5.74, 6) is 0.217. The smallest absolute Gasteiger partial charge is 0.243 e. The zero-order chi connectivity index (χ0) is 11.7. The minimum atomic E-state index is -0.341. The molecule has 1 aromatic carbocycles. The van der Waals surface area contributed by atoms with Crippen LogP contribution in [0.3, 0.4) is 0 Å². The second-order valence-corrected chi connectivity index (χ2v) is 3.45. The van der Waals surface area contributed by atoms with Gasteiger partial charge in [-0.25, -0.2) is 0 Å². The molecule has 0 radical (unpaired) electrons. The molecule has 1 atom stereocenters. The number of phenolic OH excluding ortho intramolecular Hbond substituents is 2. The summed E-state index contributed by atoms with van der Waals surface area (Å²) in [7, 11) is 0. The van der Waals surface area contributed by atoms with E-state index in [-0.39, 0.29) is 17.5 Å². The molecule has 0 aliphatic carbocycles. The number of hydrogen-bond acceptors (Lipinski definition) is 6. The monoisotopic (exact) mass is 221 g/mol. The van der Waals surface area contributed by atoms with Crippen LogP contribution in [-0.2, 0) is 0 Å². The maximum absolute atomic E-state index is 9.32. The summed E-state index contributed by atoms with van der Waals surface area (Å²) < 4.78 is 4.92. The van der Waals surface area contributed by atoms with E-state index in [1.807, 2.05) is 0 Å². The Bertz CT molecular complexity index is 508. The highest BCUT2D eigenvalue weighted by Gasteiger charge is 2.12. The van der Waals surface area contributed by atoms with Crippen LogP contribution in [0.4, 0.5) is 0 Å². The lowest BCUT2D eigenvalue weighted by atomic mass is 10.2. The highest BCUT2D eigenvalue weighted by molar-refractivity contribution is 5.59. The fourth-order valence-corrected chi connectivity index (χ4v) is 1.20. The molecule has 0 aliphatic heterocycles. The van der Waals surface area contributed by atoms with E-state index in [0.29, 0.717) is 17.3 Å². The lowest BCUT2D eigenvalue weighted by molar-refractivity contribution is 0.362. The van der Waals surface area contributed by atoms with E-state index < -0.39 is 0 Å². The Morgan fingerprint density at radius 3 is 2.62 bits per heavy atom. The summed E-state index contributed by atoms with van der Waals surface area (Å²) in [6.07, 6.45) is 0. The molecule has 0 amide bonds. The van der Waals surface area contributed by atoms with Crippen molar-refractivity contribution < 1.29 is 14.7 Å². The lowest BCUT2D eigenvalue weighted by Gasteiger charge is -1.98. The zero-order valence-electron chi connectivity index (χ0n) is 8.58. The van der Waals surface area contributed by atoms with Gasteiger partial charge in [-0.05, 0) is 25.1 Å². The molecule has 2 rings (SSSR count). The van der Waals surface area contributed by atoms with Crippen LogP contribution in [0.25, 0.3) is 11.4 Å². The fourth-order valence-electron chi connectivity index (χ4n) is 1.20. The van der Waals surface area contributed by atoms with Crippen molar-refractivity contribution >= 4 is 0 Å². The minimum absolute atomic E-state index is 0.195. The Morgan fingerprint density at radius 2 is 2.06 bits per heavy atom. The van der Waals surface area contributed by atoms with Crippen molar-refractivity contribution in [2.45, 2.75) is 13.0 Å². The highest BCUT2D eigenvalue weighted by Crippen LogP contribution is 2.29. The number of nitrogens with two attached hydrogens (primary N) is 1. The average Bonchev–Trinajstić information content (AvgIpc) is 2.71. The number of hydrogen-bond donors (Lipinski definition) is 3. The van der Waals surface area contributed by atoms with Crippen LogP contribution in [0.15, 0.2) is 22.7 Å². The largest absolute Gasteiger partial charge is 0.504 e. The van der Waals surface area contributed by atoms with Crippen molar-refractivity contribution in [1.82, 2.24) is 10.1 Å². The Morgan fingerprint density at radius 1 is 1.31 bits per heavy atom. The number of aromatic hydroxyl groups is 2. The van der Waals surface area contributed by atoms with Gasteiger partial charge in [0.1, 0.15) is 0 Å². The van der Waals surface area contributed by atoms with E-state index in [2.05, 4.69) is 10.1 Å². The van der Waals surface area contributed by atoms with Crippen LogP contribution in [0.1, 0.15) is 18.9 Å². The van der Waals surface area contributed by atoms with Gasteiger partial charge in [0, 0.05) is 5.56 Å². The third-order valence-corrected chi connectivity index (χ3v) is 2.06. The molecule has 84 valence electrons. The van der Waals surface area contributed by atoms with Gasteiger partial charge in [0.15, 0.2) is 11.5 Å². The summed E-state index contributed by atoms with van der Waals surface area (Å²) in [4.78, 5) is 4.06. The molecule has 1 heterocycles. The third-order valence-electron chi connectivity index (χ3n) is 2.06. The van der Waals surface area contributed by atoms with E-state index in [0.717, 1.165) is 0 Å². The van der Waals surface area contributed by atoms with Crippen LogP contribution in [-0.4, -0.2) is 20.4 Å². The maximum atomic E-state index is 9.32. The van der Waals surface area contributed by atoms with Gasteiger partial charge in [-0.1, -0.05) is 5.16 Å². The predicted octanol–water partition coefficient (Wildman–Crippen LogP) is 1.17. The zero-order valence-corrected chi connectivity index (χ0v) is 8.58. The van der Waals surface area contributed by atoms with Crippen molar-refractivity contribution in [1.29, 1.82) is 0 Å². The summed E-state index contributed by atoms with van der Waals surface area (Å²) in [6, 6.07) is 3.94. The van der Waals surface area contributed by atoms with Gasteiger partial charge in [0.25, 0.3) is 0 Å². The first-order valence-electron chi connectivity index (χ1n) is 4.69. The van der Waals surface area contributed by atoms with Gasteiger partial charge in [-0.15, -0.1) is 0 Å². The van der Waals surface area contributed by atoms with Crippen LogP contribution in [0, 0.1) is 0 Å². The van der Waals surface area contributed by atoms with E-state index in [1.54, 1.807) is 13.0 Å². The molecule has 6 heteroatoms. The molecule has 1 aromatic heterocycles. The van der Waals surface area contributed by atoms with E-state index in [1.165, 1.54) is 12.1 Å². The fraction of sp³-hybridized carbons (Fsp3) is 0.200. The molecule has 0 saturated carbocycles. The summed E-state index contributed by atoms with van der Waals surface area (Å²) in [6.45, 7) is 1.73. The first-order chi connectivity index (χ1) is 7.58. The Hall–Kier alpha value is -2.08. The number of nitrogens with zero attached hydrogens (tertiary/aromatic N) is 2. The Labute approximate surface area is 91.3 Å². The van der Waals surface area contributed by atoms with Gasteiger partial charge in [-0.2, -0.15) is 4.98 Å². The minimum Gasteiger partial charge on any atom is -0.504 e. The van der Waals surface area contributed by atoms with Crippen molar-refractivity contribution in [3.63, 3.8) is 0 Å². The molecule has 0 unspecified atom stereocenters.